The molecule has 0 radical (unpaired) electrons. The van der Waals surface area contributed by atoms with Gasteiger partial charge in [-0.25, -0.2) is 4.79 Å². The van der Waals surface area contributed by atoms with E-state index in [9.17, 15) is 4.79 Å². The van der Waals surface area contributed by atoms with Crippen LogP contribution < -0.4 is 5.84 Å². The lowest BCUT2D eigenvalue weighted by Crippen LogP contribution is -2.18. The van der Waals surface area contributed by atoms with E-state index in [2.05, 4.69) is 15.9 Å². The van der Waals surface area contributed by atoms with E-state index in [1.807, 2.05) is 24.3 Å². The van der Waals surface area contributed by atoms with E-state index in [0.29, 0.717) is 16.8 Å². The lowest BCUT2D eigenvalue weighted by atomic mass is 10.2. The Kier molecular flexibility index (Phi) is 2.87. The molecular formula is C11H11BrN2O2. The number of nitrogens with two attached hydrogens (primary N) is 1. The van der Waals surface area contributed by atoms with Gasteiger partial charge in [0.2, 0.25) is 0 Å². The summed E-state index contributed by atoms with van der Waals surface area (Å²) in [6.45, 7) is 2.09. The molecule has 0 amide bonds. The summed E-state index contributed by atoms with van der Waals surface area (Å²) in [5.74, 6) is 5.43. The van der Waals surface area contributed by atoms with Crippen LogP contribution in [0.15, 0.2) is 28.7 Å². The Morgan fingerprint density at radius 2 is 2.19 bits per heavy atom. The predicted octanol–water partition coefficient (Wildman–Crippen LogP) is 2.29. The molecule has 0 aliphatic heterocycles. The lowest BCUT2D eigenvalue weighted by Gasteiger charge is -2.03. The second kappa shape index (κ2) is 4.17. The van der Waals surface area contributed by atoms with Crippen molar-refractivity contribution in [1.82, 2.24) is 4.68 Å². The predicted molar refractivity (Wildman–Crippen MR) is 65.7 cm³/mol. The Morgan fingerprint density at radius 3 is 2.81 bits per heavy atom. The molecular weight excluding hydrogens is 272 g/mol. The van der Waals surface area contributed by atoms with Crippen molar-refractivity contribution in [3.63, 3.8) is 0 Å². The van der Waals surface area contributed by atoms with Gasteiger partial charge in [0.05, 0.1) is 16.6 Å². The second-order valence-electron chi connectivity index (χ2n) is 3.27. The average Bonchev–Trinajstić information content (AvgIpc) is 2.53. The number of hydrogen-bond acceptors (Lipinski definition) is 3. The number of benzene rings is 1. The first-order chi connectivity index (χ1) is 7.66. The van der Waals surface area contributed by atoms with Gasteiger partial charge in [-0.15, -0.1) is 0 Å². The summed E-state index contributed by atoms with van der Waals surface area (Å²) in [5.41, 5.74) is 1.13. The Hall–Kier alpha value is -1.49. The Morgan fingerprint density at radius 1 is 1.50 bits per heavy atom. The summed E-state index contributed by atoms with van der Waals surface area (Å²) in [7, 11) is 0. The number of hydrogen-bond donors (Lipinski definition) is 1. The number of halogens is 1. The molecule has 0 saturated heterocycles. The summed E-state index contributed by atoms with van der Waals surface area (Å²) >= 11 is 3.37. The van der Waals surface area contributed by atoms with Crippen LogP contribution in [-0.4, -0.2) is 17.3 Å². The maximum Gasteiger partial charge on any atom is 0.358 e. The van der Waals surface area contributed by atoms with E-state index in [1.54, 1.807) is 6.92 Å². The first-order valence-corrected chi connectivity index (χ1v) is 5.67. The van der Waals surface area contributed by atoms with E-state index >= 15 is 0 Å². The minimum atomic E-state index is -0.423. The van der Waals surface area contributed by atoms with Crippen molar-refractivity contribution in [3.8, 4) is 0 Å². The first kappa shape index (κ1) is 11.0. The van der Waals surface area contributed by atoms with Crippen molar-refractivity contribution in [2.45, 2.75) is 6.92 Å². The fraction of sp³-hybridized carbons (Fsp3) is 0.182. The number of carbonyl (C=O) groups is 1. The average molecular weight is 283 g/mol. The largest absolute Gasteiger partial charge is 0.461 e. The highest BCUT2D eigenvalue weighted by molar-refractivity contribution is 9.10. The van der Waals surface area contributed by atoms with Crippen LogP contribution in [0.2, 0.25) is 0 Å². The molecule has 0 bridgehead atoms. The molecule has 2 aromatic rings. The second-order valence-corrected chi connectivity index (χ2v) is 4.06. The normalized spacial score (nSPS) is 10.6. The number of fused-ring (bicyclic) bond motifs is 1. The maximum atomic E-state index is 11.7. The van der Waals surface area contributed by atoms with Gasteiger partial charge in [-0.1, -0.05) is 18.2 Å². The van der Waals surface area contributed by atoms with Gasteiger partial charge in [0.25, 0.3) is 0 Å². The van der Waals surface area contributed by atoms with Gasteiger partial charge in [0, 0.05) is 5.39 Å². The Labute approximate surface area is 101 Å². The number of nitrogen functional groups attached to an aromatic ring is 1. The van der Waals surface area contributed by atoms with Crippen LogP contribution in [0.1, 0.15) is 17.4 Å². The SMILES string of the molecule is CCOC(=O)c1c(Br)c2ccccc2n1N. The topological polar surface area (TPSA) is 57.2 Å². The van der Waals surface area contributed by atoms with Crippen LogP contribution >= 0.6 is 15.9 Å². The zero-order valence-corrected chi connectivity index (χ0v) is 10.3. The van der Waals surface area contributed by atoms with Crippen molar-refractivity contribution in [1.29, 1.82) is 0 Å². The number of para-hydroxylation sites is 1. The number of esters is 1. The maximum absolute atomic E-state index is 11.7. The number of nitrogens with zero attached hydrogens (tertiary/aromatic N) is 1. The fourth-order valence-corrected chi connectivity index (χ4v) is 2.30. The monoisotopic (exact) mass is 282 g/mol. The quantitative estimate of drug-likeness (QED) is 0.679. The van der Waals surface area contributed by atoms with Gasteiger partial charge < -0.3 is 10.6 Å². The molecule has 0 aliphatic carbocycles. The van der Waals surface area contributed by atoms with Crippen LogP contribution in [-0.2, 0) is 4.74 Å². The highest BCUT2D eigenvalue weighted by atomic mass is 79.9. The molecule has 1 aromatic heterocycles. The fourth-order valence-electron chi connectivity index (χ4n) is 1.61. The Balaban J connectivity index is 2.66. The van der Waals surface area contributed by atoms with Gasteiger partial charge in [-0.3, -0.25) is 4.68 Å². The number of rotatable bonds is 2. The molecule has 84 valence electrons. The van der Waals surface area contributed by atoms with Crippen molar-refractivity contribution in [2.24, 2.45) is 0 Å². The minimum absolute atomic E-state index is 0.326. The summed E-state index contributed by atoms with van der Waals surface area (Å²) in [5, 5.41) is 0.896. The van der Waals surface area contributed by atoms with Gasteiger partial charge >= 0.3 is 5.97 Å². The van der Waals surface area contributed by atoms with Crippen LogP contribution in [0.25, 0.3) is 10.9 Å². The van der Waals surface area contributed by atoms with Crippen LogP contribution in [0, 0.1) is 0 Å². The highest BCUT2D eigenvalue weighted by Gasteiger charge is 2.20. The Bertz CT molecular complexity index is 509. The summed E-state index contributed by atoms with van der Waals surface area (Å²) < 4.78 is 6.96. The number of aromatic nitrogens is 1. The smallest absolute Gasteiger partial charge is 0.358 e. The molecule has 0 aliphatic rings. The summed E-state index contributed by atoms with van der Waals surface area (Å²) in [4.78, 5) is 11.7. The molecule has 4 nitrogen and oxygen atoms in total. The zero-order chi connectivity index (χ0) is 11.7. The summed E-state index contributed by atoms with van der Waals surface area (Å²) in [6, 6.07) is 7.50. The van der Waals surface area contributed by atoms with Crippen molar-refractivity contribution in [3.05, 3.63) is 34.4 Å². The van der Waals surface area contributed by atoms with E-state index in [0.717, 1.165) is 10.9 Å². The molecule has 16 heavy (non-hydrogen) atoms. The molecule has 0 fully saturated rings. The number of ether oxygens (including phenoxy) is 1. The third kappa shape index (κ3) is 1.57. The van der Waals surface area contributed by atoms with Crippen molar-refractivity contribution < 1.29 is 9.53 Å². The van der Waals surface area contributed by atoms with E-state index in [-0.39, 0.29) is 0 Å². The van der Waals surface area contributed by atoms with Crippen molar-refractivity contribution in [2.75, 3.05) is 12.4 Å². The standard InChI is InChI=1S/C11H11BrN2O2/c1-2-16-11(15)10-9(12)7-5-3-4-6-8(7)14(10)13/h3-6H,2,13H2,1H3. The van der Waals surface area contributed by atoms with E-state index in [1.165, 1.54) is 4.68 Å². The van der Waals surface area contributed by atoms with Gasteiger partial charge in [-0.2, -0.15) is 0 Å². The first-order valence-electron chi connectivity index (χ1n) is 4.88. The molecule has 5 heteroatoms. The van der Waals surface area contributed by atoms with Gasteiger partial charge in [-0.05, 0) is 28.9 Å². The molecule has 1 aromatic carbocycles. The molecule has 0 atom stereocenters. The highest BCUT2D eigenvalue weighted by Crippen LogP contribution is 2.29. The molecule has 0 saturated carbocycles. The summed E-state index contributed by atoms with van der Waals surface area (Å²) in [6.07, 6.45) is 0. The molecule has 2 rings (SSSR count). The third-order valence-corrected chi connectivity index (χ3v) is 3.12. The lowest BCUT2D eigenvalue weighted by molar-refractivity contribution is 0.0515. The van der Waals surface area contributed by atoms with Gasteiger partial charge in [0.1, 0.15) is 0 Å². The zero-order valence-electron chi connectivity index (χ0n) is 8.74. The van der Waals surface area contributed by atoms with Crippen LogP contribution in [0.4, 0.5) is 0 Å². The molecule has 0 spiro atoms. The molecule has 2 N–H and O–H groups in total. The molecule has 0 unspecified atom stereocenters. The molecule has 1 heterocycles. The van der Waals surface area contributed by atoms with Gasteiger partial charge in [0.15, 0.2) is 5.69 Å². The number of carbonyl (C=O) groups excluding carboxylic acids is 1. The van der Waals surface area contributed by atoms with E-state index < -0.39 is 5.97 Å². The minimum Gasteiger partial charge on any atom is -0.461 e. The third-order valence-electron chi connectivity index (χ3n) is 2.32. The van der Waals surface area contributed by atoms with Crippen LogP contribution in [0.3, 0.4) is 0 Å². The van der Waals surface area contributed by atoms with E-state index in [4.69, 9.17) is 10.6 Å². The van der Waals surface area contributed by atoms with Crippen LogP contribution in [0.5, 0.6) is 0 Å². The van der Waals surface area contributed by atoms with Crippen molar-refractivity contribution >= 4 is 32.8 Å².